The van der Waals surface area contributed by atoms with Gasteiger partial charge >= 0.3 is 5.97 Å². The number of unbranched alkanes of at least 4 members (excludes halogenated alkanes) is 1. The van der Waals surface area contributed by atoms with Crippen molar-refractivity contribution in [3.63, 3.8) is 0 Å². The van der Waals surface area contributed by atoms with Crippen LogP contribution in [0, 0.1) is 0 Å². The average molecular weight is 333 g/mol. The Kier molecular flexibility index (Phi) is 5.79. The van der Waals surface area contributed by atoms with E-state index in [2.05, 4.69) is 44.7 Å². The van der Waals surface area contributed by atoms with Crippen LogP contribution in [0.1, 0.15) is 64.9 Å². The Bertz CT molecular complexity index is 582. The molecule has 4 heteroatoms. The number of benzene rings is 1. The van der Waals surface area contributed by atoms with Crippen molar-refractivity contribution in [3.8, 4) is 5.75 Å². The van der Waals surface area contributed by atoms with Crippen LogP contribution in [0.15, 0.2) is 18.2 Å². The molecule has 2 rings (SSSR count). The fourth-order valence-electron chi connectivity index (χ4n) is 4.04. The summed E-state index contributed by atoms with van der Waals surface area (Å²) < 4.78 is 10.6. The third kappa shape index (κ3) is 3.52. The van der Waals surface area contributed by atoms with E-state index in [1.54, 1.807) is 7.11 Å². The fourth-order valence-corrected chi connectivity index (χ4v) is 4.04. The maximum atomic E-state index is 12.6. The van der Waals surface area contributed by atoms with Gasteiger partial charge in [-0.25, -0.2) is 4.79 Å². The maximum Gasteiger partial charge on any atom is 0.328 e. The molecule has 0 fully saturated rings. The second-order valence-electron chi connectivity index (χ2n) is 7.39. The summed E-state index contributed by atoms with van der Waals surface area (Å²) in [6.45, 7) is 8.83. The summed E-state index contributed by atoms with van der Waals surface area (Å²) in [6.07, 6.45) is 3.87. The fraction of sp³-hybridized carbons (Fsp3) is 0.650. The molecule has 0 amide bonds. The van der Waals surface area contributed by atoms with E-state index < -0.39 is 0 Å². The van der Waals surface area contributed by atoms with Gasteiger partial charge < -0.3 is 14.4 Å². The first-order valence-electron chi connectivity index (χ1n) is 8.90. The summed E-state index contributed by atoms with van der Waals surface area (Å²) in [4.78, 5) is 14.8. The van der Waals surface area contributed by atoms with Crippen LogP contribution in [0.5, 0.6) is 5.75 Å². The predicted molar refractivity (Wildman–Crippen MR) is 97.9 cm³/mol. The molecule has 1 heterocycles. The van der Waals surface area contributed by atoms with E-state index in [0.717, 1.165) is 37.1 Å². The van der Waals surface area contributed by atoms with Crippen LogP contribution >= 0.6 is 0 Å². The molecule has 0 aromatic heterocycles. The summed E-state index contributed by atoms with van der Waals surface area (Å²) in [5, 5.41) is 0. The van der Waals surface area contributed by atoms with E-state index in [0.29, 0.717) is 5.92 Å². The number of methoxy groups -OCH3 is 2. The molecule has 134 valence electrons. The number of carbonyl (C=O) groups is 1. The number of esters is 1. The van der Waals surface area contributed by atoms with E-state index >= 15 is 0 Å². The highest BCUT2D eigenvalue weighted by Gasteiger charge is 2.42. The number of ether oxygens (including phenoxy) is 2. The second kappa shape index (κ2) is 7.45. The summed E-state index contributed by atoms with van der Waals surface area (Å²) >= 11 is 0. The highest BCUT2D eigenvalue weighted by atomic mass is 16.5. The lowest BCUT2D eigenvalue weighted by Crippen LogP contribution is -2.56. The molecule has 1 aromatic carbocycles. The lowest BCUT2D eigenvalue weighted by Gasteiger charge is -2.50. The van der Waals surface area contributed by atoms with Crippen molar-refractivity contribution in [1.29, 1.82) is 0 Å². The first-order chi connectivity index (χ1) is 11.4. The van der Waals surface area contributed by atoms with Crippen LogP contribution in [0.3, 0.4) is 0 Å². The number of rotatable bonds is 6. The Morgan fingerprint density at radius 1 is 1.38 bits per heavy atom. The summed E-state index contributed by atoms with van der Waals surface area (Å²) in [5.74, 6) is 1.12. The van der Waals surface area contributed by atoms with Gasteiger partial charge in [0.05, 0.1) is 14.2 Å². The third-order valence-corrected chi connectivity index (χ3v) is 5.10. The Morgan fingerprint density at radius 3 is 2.67 bits per heavy atom. The number of fused-ring (bicyclic) bond motifs is 1. The molecule has 1 aliphatic rings. The van der Waals surface area contributed by atoms with Gasteiger partial charge in [-0.05, 0) is 44.2 Å². The highest BCUT2D eigenvalue weighted by Crippen LogP contribution is 2.46. The van der Waals surface area contributed by atoms with Gasteiger partial charge in [-0.1, -0.05) is 32.8 Å². The van der Waals surface area contributed by atoms with Crippen LogP contribution in [0.4, 0.5) is 5.69 Å². The zero-order valence-electron chi connectivity index (χ0n) is 15.9. The van der Waals surface area contributed by atoms with Crippen LogP contribution in [-0.2, 0) is 9.53 Å². The van der Waals surface area contributed by atoms with Gasteiger partial charge in [0, 0.05) is 17.3 Å². The minimum atomic E-state index is -0.261. The quantitative estimate of drug-likeness (QED) is 0.718. The lowest BCUT2D eigenvalue weighted by molar-refractivity contribution is -0.142. The van der Waals surface area contributed by atoms with Crippen LogP contribution in [0.25, 0.3) is 0 Å². The monoisotopic (exact) mass is 333 g/mol. The second-order valence-corrected chi connectivity index (χ2v) is 7.39. The first kappa shape index (κ1) is 18.6. The number of nitrogens with zero attached hydrogens (tertiary/aromatic N) is 1. The van der Waals surface area contributed by atoms with E-state index in [9.17, 15) is 4.79 Å². The molecule has 0 aliphatic carbocycles. The van der Waals surface area contributed by atoms with Gasteiger partial charge in [0.25, 0.3) is 0 Å². The van der Waals surface area contributed by atoms with E-state index in [1.165, 1.54) is 12.7 Å². The van der Waals surface area contributed by atoms with Gasteiger partial charge in [0.2, 0.25) is 0 Å². The Morgan fingerprint density at radius 2 is 2.08 bits per heavy atom. The molecular weight excluding hydrogens is 302 g/mol. The molecule has 0 spiro atoms. The zero-order chi connectivity index (χ0) is 17.9. The Hall–Kier alpha value is -1.71. The van der Waals surface area contributed by atoms with E-state index in [-0.39, 0.29) is 17.6 Å². The minimum Gasteiger partial charge on any atom is -0.497 e. The molecule has 0 bridgehead atoms. The Balaban J connectivity index is 2.55. The highest BCUT2D eigenvalue weighted by molar-refractivity contribution is 5.82. The maximum absolute atomic E-state index is 12.6. The molecule has 24 heavy (non-hydrogen) atoms. The minimum absolute atomic E-state index is 0.120. The lowest BCUT2D eigenvalue weighted by atomic mass is 9.78. The van der Waals surface area contributed by atoms with Crippen molar-refractivity contribution in [2.24, 2.45) is 0 Å². The molecular formula is C20H31NO3. The van der Waals surface area contributed by atoms with Crippen LogP contribution in [-0.4, -0.2) is 31.8 Å². The molecule has 1 aromatic rings. The molecule has 2 atom stereocenters. The standard InChI is InChI=1S/C20H31NO3/c1-7-8-9-17(19(22)24-6)21-18-12-15(23-5)10-11-16(18)14(2)13-20(21,3)4/h10-12,14,17H,7-9,13H2,1-6H3/t14-,17-/m1/s1. The average Bonchev–Trinajstić information content (AvgIpc) is 2.55. The van der Waals surface area contributed by atoms with Crippen LogP contribution in [0.2, 0.25) is 0 Å². The molecule has 0 N–H and O–H groups in total. The van der Waals surface area contributed by atoms with Crippen molar-refractivity contribution < 1.29 is 14.3 Å². The number of carbonyl (C=O) groups excluding carboxylic acids is 1. The molecule has 0 radical (unpaired) electrons. The van der Waals surface area contributed by atoms with Gasteiger partial charge in [0.1, 0.15) is 11.8 Å². The Labute approximate surface area is 146 Å². The number of hydrogen-bond acceptors (Lipinski definition) is 4. The van der Waals surface area contributed by atoms with Crippen molar-refractivity contribution in [2.75, 3.05) is 19.1 Å². The van der Waals surface area contributed by atoms with Crippen molar-refractivity contribution >= 4 is 11.7 Å². The zero-order valence-corrected chi connectivity index (χ0v) is 15.9. The number of hydrogen-bond donors (Lipinski definition) is 0. The van der Waals surface area contributed by atoms with Gasteiger partial charge in [-0.15, -0.1) is 0 Å². The summed E-state index contributed by atoms with van der Waals surface area (Å²) in [6, 6.07) is 5.94. The first-order valence-corrected chi connectivity index (χ1v) is 8.90. The summed E-state index contributed by atoms with van der Waals surface area (Å²) in [7, 11) is 3.16. The van der Waals surface area contributed by atoms with Gasteiger partial charge in [-0.3, -0.25) is 0 Å². The van der Waals surface area contributed by atoms with E-state index in [4.69, 9.17) is 9.47 Å². The summed E-state index contributed by atoms with van der Waals surface area (Å²) in [5.41, 5.74) is 2.26. The number of anilines is 1. The van der Waals surface area contributed by atoms with Gasteiger partial charge in [0.15, 0.2) is 0 Å². The van der Waals surface area contributed by atoms with Crippen molar-refractivity contribution in [2.45, 2.75) is 70.9 Å². The molecule has 0 saturated heterocycles. The largest absolute Gasteiger partial charge is 0.497 e. The van der Waals surface area contributed by atoms with Crippen molar-refractivity contribution in [3.05, 3.63) is 23.8 Å². The topological polar surface area (TPSA) is 38.8 Å². The molecule has 0 saturated carbocycles. The van der Waals surface area contributed by atoms with Gasteiger partial charge in [-0.2, -0.15) is 0 Å². The molecule has 0 unspecified atom stereocenters. The van der Waals surface area contributed by atoms with Crippen LogP contribution < -0.4 is 9.64 Å². The normalized spacial score (nSPS) is 20.2. The van der Waals surface area contributed by atoms with Crippen molar-refractivity contribution in [1.82, 2.24) is 0 Å². The van der Waals surface area contributed by atoms with E-state index in [1.807, 2.05) is 6.07 Å². The third-order valence-electron chi connectivity index (χ3n) is 5.10. The molecule has 1 aliphatic heterocycles. The molecule has 4 nitrogen and oxygen atoms in total. The smallest absolute Gasteiger partial charge is 0.328 e. The SMILES string of the molecule is CCCC[C@H](C(=O)OC)N1c2cc(OC)ccc2[C@H](C)CC1(C)C. The predicted octanol–water partition coefficient (Wildman–Crippen LogP) is 4.52.